The van der Waals surface area contributed by atoms with Crippen LogP contribution >= 0.6 is 0 Å². The molecule has 0 radical (unpaired) electrons. The second-order valence-electron chi connectivity index (χ2n) is 9.91. The van der Waals surface area contributed by atoms with Gasteiger partial charge in [0.2, 0.25) is 0 Å². The Morgan fingerprint density at radius 1 is 0.812 bits per heavy atom. The first-order chi connectivity index (χ1) is 15.4. The zero-order valence-electron chi connectivity index (χ0n) is 21.0. The molecule has 166 valence electrons. The predicted molar refractivity (Wildman–Crippen MR) is 139 cm³/mol. The Hall–Kier alpha value is -1.24. The Morgan fingerprint density at radius 3 is 2.03 bits per heavy atom. The summed E-state index contributed by atoms with van der Waals surface area (Å²) in [5.41, 5.74) is 13.9. The Balaban J connectivity index is 1.88. The van der Waals surface area contributed by atoms with E-state index in [1.165, 1.54) is 41.5 Å². The van der Waals surface area contributed by atoms with Crippen LogP contribution in [0.4, 0.5) is 0 Å². The first kappa shape index (κ1) is 23.9. The van der Waals surface area contributed by atoms with Crippen LogP contribution in [0, 0.1) is 0 Å². The molecule has 1 atom stereocenters. The molecule has 2 aromatic carbocycles. The molecular formula is C30H38SiZr. The van der Waals surface area contributed by atoms with Crippen molar-refractivity contribution in [3.05, 3.63) is 99.2 Å². The van der Waals surface area contributed by atoms with Gasteiger partial charge < -0.3 is 0 Å². The van der Waals surface area contributed by atoms with Crippen molar-refractivity contribution in [2.24, 2.45) is 0 Å². The molecule has 0 N–H and O–H groups in total. The standard InChI is InChI=1S/C19H19.C9H13.C2H6Si.Zr/c1-2-3-8-15-9-4-6-11-17(15)19-14-13-16-10-5-7-12-18(16)19;1-6-5-7(2)9(4)8(6)3;1-3-2;/h4-7,9-14H,2-3,8H2,1H3;5H,1-4H3;1-2H3;. The van der Waals surface area contributed by atoms with Gasteiger partial charge in [-0.3, -0.25) is 0 Å². The maximum absolute atomic E-state index is 2.74. The average Bonchev–Trinajstić information content (AvgIpc) is 3.25. The first-order valence-corrected chi connectivity index (χ1v) is 21.3. The van der Waals surface area contributed by atoms with E-state index >= 15 is 0 Å². The predicted octanol–water partition coefficient (Wildman–Crippen LogP) is 8.86. The summed E-state index contributed by atoms with van der Waals surface area (Å²) >= 11 is -1.88. The first-order valence-electron chi connectivity index (χ1n) is 12.3. The van der Waals surface area contributed by atoms with Crippen molar-refractivity contribution >= 4 is 11.0 Å². The van der Waals surface area contributed by atoms with Crippen molar-refractivity contribution in [2.75, 3.05) is 0 Å². The Labute approximate surface area is 203 Å². The zero-order chi connectivity index (χ0) is 23.0. The van der Waals surface area contributed by atoms with Gasteiger partial charge in [0.05, 0.1) is 0 Å². The fourth-order valence-corrected chi connectivity index (χ4v) is 26.4. The summed E-state index contributed by atoms with van der Waals surface area (Å²) in [4.78, 5) is 0. The number of benzene rings is 2. The zero-order valence-corrected chi connectivity index (χ0v) is 24.4. The fraction of sp³-hybridized carbons (Fsp3) is 0.400. The van der Waals surface area contributed by atoms with Gasteiger partial charge >= 0.3 is 205 Å². The quantitative estimate of drug-likeness (QED) is 0.336. The van der Waals surface area contributed by atoms with E-state index in [0.29, 0.717) is 3.63 Å². The molecule has 0 saturated heterocycles. The van der Waals surface area contributed by atoms with Gasteiger partial charge in [-0.25, -0.2) is 0 Å². The van der Waals surface area contributed by atoms with E-state index in [1.54, 1.807) is 27.9 Å². The van der Waals surface area contributed by atoms with Crippen molar-refractivity contribution in [1.29, 1.82) is 0 Å². The molecule has 2 aliphatic carbocycles. The maximum atomic E-state index is 2.74. The number of hydrogen-bond donors (Lipinski definition) is 0. The normalized spacial score (nSPS) is 18.3. The molecule has 0 spiro atoms. The molecule has 0 aromatic heterocycles. The average molecular weight is 518 g/mol. The molecule has 32 heavy (non-hydrogen) atoms. The number of allylic oxidation sites excluding steroid dienone is 5. The second kappa shape index (κ2) is 9.94. The summed E-state index contributed by atoms with van der Waals surface area (Å²) in [7, 11) is 0. The van der Waals surface area contributed by atoms with Crippen LogP contribution in [0.3, 0.4) is 0 Å². The van der Waals surface area contributed by atoms with E-state index < -0.39 is 20.4 Å². The number of aryl methyl sites for hydroxylation is 1. The van der Waals surface area contributed by atoms with Gasteiger partial charge in [0.1, 0.15) is 0 Å². The van der Waals surface area contributed by atoms with Crippen molar-refractivity contribution in [3.8, 4) is 0 Å². The van der Waals surface area contributed by atoms with E-state index in [9.17, 15) is 0 Å². The van der Waals surface area contributed by atoms with Gasteiger partial charge in [-0.2, -0.15) is 0 Å². The van der Waals surface area contributed by atoms with Crippen LogP contribution in [0.2, 0.25) is 16.7 Å². The van der Waals surface area contributed by atoms with Crippen molar-refractivity contribution in [2.45, 2.75) is 74.2 Å². The van der Waals surface area contributed by atoms with E-state index in [4.69, 9.17) is 0 Å². The molecule has 0 fully saturated rings. The van der Waals surface area contributed by atoms with Crippen LogP contribution in [-0.4, -0.2) is 5.43 Å². The van der Waals surface area contributed by atoms with Crippen LogP contribution in [0.5, 0.6) is 0 Å². The van der Waals surface area contributed by atoms with Crippen LogP contribution in [0.15, 0.2) is 76.9 Å². The van der Waals surface area contributed by atoms with Crippen LogP contribution in [0.25, 0.3) is 5.57 Å². The van der Waals surface area contributed by atoms with Crippen LogP contribution in [0.1, 0.15) is 73.3 Å². The van der Waals surface area contributed by atoms with E-state index in [0.717, 1.165) is 3.63 Å². The molecule has 2 aromatic rings. The number of fused-ring (bicyclic) bond motifs is 1. The molecule has 2 heteroatoms. The molecule has 4 rings (SSSR count). The SMILES string of the molecule is CCCCc1ccccc1C1=C[CH]([Zr]([CH]2C(C)=C(C)C(C)=C2C)=[Si](C)C)c2ccccc21. The van der Waals surface area contributed by atoms with Gasteiger partial charge in [-0.05, 0) is 0 Å². The Kier molecular flexibility index (Phi) is 7.43. The minimum atomic E-state index is -1.88. The van der Waals surface area contributed by atoms with Gasteiger partial charge in [0.15, 0.2) is 0 Å². The molecule has 1 unspecified atom stereocenters. The molecule has 0 aliphatic heterocycles. The van der Waals surface area contributed by atoms with Gasteiger partial charge in [0, 0.05) is 0 Å². The Morgan fingerprint density at radius 2 is 1.41 bits per heavy atom. The summed E-state index contributed by atoms with van der Waals surface area (Å²) in [6, 6.07) is 18.6. The van der Waals surface area contributed by atoms with Gasteiger partial charge in [-0.1, -0.05) is 0 Å². The third-order valence-corrected chi connectivity index (χ3v) is 27.6. The van der Waals surface area contributed by atoms with Crippen molar-refractivity contribution < 1.29 is 20.4 Å². The third kappa shape index (κ3) is 4.19. The summed E-state index contributed by atoms with van der Waals surface area (Å²) in [6.45, 7) is 17.1. The Bertz CT molecular complexity index is 1150. The minimum absolute atomic E-state index is 0.337. The molecule has 0 heterocycles. The molecule has 0 nitrogen and oxygen atoms in total. The van der Waals surface area contributed by atoms with Gasteiger partial charge in [0.25, 0.3) is 0 Å². The molecular weight excluding hydrogens is 480 g/mol. The number of rotatable bonds is 6. The fourth-order valence-electron chi connectivity index (χ4n) is 5.82. The van der Waals surface area contributed by atoms with Crippen molar-refractivity contribution in [1.82, 2.24) is 0 Å². The summed E-state index contributed by atoms with van der Waals surface area (Å²) in [5.74, 6) is 0. The van der Waals surface area contributed by atoms with E-state index in [1.807, 2.05) is 0 Å². The monoisotopic (exact) mass is 516 g/mol. The van der Waals surface area contributed by atoms with E-state index in [2.05, 4.69) is 102 Å². The number of hydrogen-bond acceptors (Lipinski definition) is 0. The molecule has 0 saturated carbocycles. The topological polar surface area (TPSA) is 0 Å². The second-order valence-corrected chi connectivity index (χ2v) is 27.9. The molecule has 2 aliphatic rings. The number of unbranched alkanes of at least 4 members (excludes halogenated alkanes) is 1. The molecule has 0 bridgehead atoms. The van der Waals surface area contributed by atoms with Crippen molar-refractivity contribution in [3.63, 3.8) is 0 Å². The third-order valence-electron chi connectivity index (χ3n) is 7.86. The van der Waals surface area contributed by atoms with Crippen LogP contribution in [-0.2, 0) is 26.8 Å². The molecule has 0 amide bonds. The van der Waals surface area contributed by atoms with Crippen LogP contribution < -0.4 is 0 Å². The van der Waals surface area contributed by atoms with E-state index in [-0.39, 0.29) is 5.43 Å². The summed E-state index contributed by atoms with van der Waals surface area (Å²) < 4.78 is 1.48. The summed E-state index contributed by atoms with van der Waals surface area (Å²) in [5, 5.41) is 0. The summed E-state index contributed by atoms with van der Waals surface area (Å²) in [6.07, 6.45) is 6.44. The van der Waals surface area contributed by atoms with Gasteiger partial charge in [-0.15, -0.1) is 0 Å².